The molecule has 2 nitrogen and oxygen atoms in total. The van der Waals surface area contributed by atoms with Gasteiger partial charge in [-0.2, -0.15) is 5.26 Å². The second kappa shape index (κ2) is 5.16. The molecule has 0 atom stereocenters. The third kappa shape index (κ3) is 2.77. The molecule has 1 N–H and O–H groups in total. The molecule has 0 saturated heterocycles. The maximum absolute atomic E-state index is 9.03. The molecule has 1 aliphatic carbocycles. The summed E-state index contributed by atoms with van der Waals surface area (Å²) in [4.78, 5) is 0. The minimum Gasteiger partial charge on any atom is -0.380 e. The Bertz CT molecular complexity index is 604. The number of rotatable bonds is 4. The van der Waals surface area contributed by atoms with Gasteiger partial charge in [0.25, 0.3) is 0 Å². The number of anilines is 1. The summed E-state index contributed by atoms with van der Waals surface area (Å²) in [6, 6.07) is 18.6. The molecule has 3 rings (SSSR count). The molecular formula is C17H16N2. The topological polar surface area (TPSA) is 35.8 Å². The van der Waals surface area contributed by atoms with Crippen molar-refractivity contribution in [2.24, 2.45) is 0 Å². The van der Waals surface area contributed by atoms with Gasteiger partial charge in [-0.05, 0) is 42.0 Å². The molecule has 19 heavy (non-hydrogen) atoms. The SMILES string of the molecule is N#Cc1ccccc1NCc1ccc(C2CC2)cc1. The third-order valence-corrected chi connectivity index (χ3v) is 3.56. The number of hydrogen-bond donors (Lipinski definition) is 1. The van der Waals surface area contributed by atoms with Crippen molar-refractivity contribution in [2.75, 3.05) is 5.32 Å². The second-order valence-electron chi connectivity index (χ2n) is 5.03. The second-order valence-corrected chi connectivity index (χ2v) is 5.03. The summed E-state index contributed by atoms with van der Waals surface area (Å²) >= 11 is 0. The monoisotopic (exact) mass is 248 g/mol. The molecule has 0 aromatic heterocycles. The molecule has 2 heteroatoms. The summed E-state index contributed by atoms with van der Waals surface area (Å²) in [7, 11) is 0. The molecule has 94 valence electrons. The molecule has 2 aromatic carbocycles. The molecule has 0 unspecified atom stereocenters. The van der Waals surface area contributed by atoms with Crippen LogP contribution in [-0.4, -0.2) is 0 Å². The fourth-order valence-corrected chi connectivity index (χ4v) is 2.26. The van der Waals surface area contributed by atoms with Gasteiger partial charge in [-0.3, -0.25) is 0 Å². The van der Waals surface area contributed by atoms with Gasteiger partial charge in [0.2, 0.25) is 0 Å². The van der Waals surface area contributed by atoms with Crippen molar-refractivity contribution in [1.29, 1.82) is 5.26 Å². The van der Waals surface area contributed by atoms with Gasteiger partial charge in [-0.25, -0.2) is 0 Å². The lowest BCUT2D eigenvalue weighted by molar-refractivity contribution is 1.10. The van der Waals surface area contributed by atoms with Crippen molar-refractivity contribution in [3.05, 3.63) is 65.2 Å². The van der Waals surface area contributed by atoms with E-state index < -0.39 is 0 Å². The fraction of sp³-hybridized carbons (Fsp3) is 0.235. The van der Waals surface area contributed by atoms with Crippen LogP contribution in [0.1, 0.15) is 35.4 Å². The van der Waals surface area contributed by atoms with Gasteiger partial charge in [0.15, 0.2) is 0 Å². The first kappa shape index (κ1) is 11.8. The van der Waals surface area contributed by atoms with Crippen LogP contribution in [0.5, 0.6) is 0 Å². The van der Waals surface area contributed by atoms with E-state index in [0.717, 1.165) is 18.2 Å². The molecule has 1 aliphatic rings. The largest absolute Gasteiger partial charge is 0.380 e. The molecular weight excluding hydrogens is 232 g/mol. The Hall–Kier alpha value is -2.27. The number of para-hydroxylation sites is 1. The van der Waals surface area contributed by atoms with Crippen molar-refractivity contribution >= 4 is 5.69 Å². The van der Waals surface area contributed by atoms with Crippen LogP contribution in [0.15, 0.2) is 48.5 Å². The van der Waals surface area contributed by atoms with Gasteiger partial charge in [-0.1, -0.05) is 36.4 Å². The van der Waals surface area contributed by atoms with E-state index in [-0.39, 0.29) is 0 Å². The highest BCUT2D eigenvalue weighted by atomic mass is 14.9. The Morgan fingerprint density at radius 3 is 2.47 bits per heavy atom. The molecule has 2 aromatic rings. The zero-order chi connectivity index (χ0) is 13.1. The van der Waals surface area contributed by atoms with Gasteiger partial charge in [0.05, 0.1) is 11.3 Å². The van der Waals surface area contributed by atoms with Crippen molar-refractivity contribution in [2.45, 2.75) is 25.3 Å². The van der Waals surface area contributed by atoms with Crippen molar-refractivity contribution in [3.63, 3.8) is 0 Å². The minimum absolute atomic E-state index is 0.692. The van der Waals surface area contributed by atoms with E-state index in [2.05, 4.69) is 35.7 Å². The predicted octanol–water partition coefficient (Wildman–Crippen LogP) is 4.05. The number of nitriles is 1. The van der Waals surface area contributed by atoms with Crippen LogP contribution in [0.2, 0.25) is 0 Å². The molecule has 1 saturated carbocycles. The van der Waals surface area contributed by atoms with Crippen LogP contribution in [0, 0.1) is 11.3 Å². The summed E-state index contributed by atoms with van der Waals surface area (Å²) in [6.07, 6.45) is 2.68. The highest BCUT2D eigenvalue weighted by molar-refractivity contribution is 5.57. The Kier molecular flexibility index (Phi) is 3.20. The van der Waals surface area contributed by atoms with Crippen LogP contribution < -0.4 is 5.32 Å². The number of hydrogen-bond acceptors (Lipinski definition) is 2. The van der Waals surface area contributed by atoms with Crippen LogP contribution in [0.4, 0.5) is 5.69 Å². The Labute approximate surface area is 113 Å². The maximum atomic E-state index is 9.03. The Balaban J connectivity index is 1.67. The van der Waals surface area contributed by atoms with Crippen molar-refractivity contribution in [1.82, 2.24) is 0 Å². The van der Waals surface area contributed by atoms with E-state index in [1.165, 1.54) is 24.0 Å². The summed E-state index contributed by atoms with van der Waals surface area (Å²) in [5.41, 5.74) is 4.30. The number of nitrogens with one attached hydrogen (secondary N) is 1. The average Bonchev–Trinajstić information content (AvgIpc) is 3.30. The maximum Gasteiger partial charge on any atom is 0.101 e. The van der Waals surface area contributed by atoms with E-state index in [4.69, 9.17) is 5.26 Å². The molecule has 0 heterocycles. The molecule has 0 radical (unpaired) electrons. The van der Waals surface area contributed by atoms with Gasteiger partial charge < -0.3 is 5.32 Å². The first-order valence-corrected chi connectivity index (χ1v) is 6.68. The van der Waals surface area contributed by atoms with Crippen LogP contribution in [0.3, 0.4) is 0 Å². The van der Waals surface area contributed by atoms with Gasteiger partial charge >= 0.3 is 0 Å². The number of nitrogens with zero attached hydrogens (tertiary/aromatic N) is 1. The van der Waals surface area contributed by atoms with E-state index >= 15 is 0 Å². The van der Waals surface area contributed by atoms with Gasteiger partial charge in [0.1, 0.15) is 6.07 Å². The summed E-state index contributed by atoms with van der Waals surface area (Å²) < 4.78 is 0. The van der Waals surface area contributed by atoms with Crippen LogP contribution in [0.25, 0.3) is 0 Å². The smallest absolute Gasteiger partial charge is 0.101 e. The molecule has 0 amide bonds. The highest BCUT2D eigenvalue weighted by Crippen LogP contribution is 2.39. The molecule has 0 aliphatic heterocycles. The predicted molar refractivity (Wildman–Crippen MR) is 76.9 cm³/mol. The molecule has 0 bridgehead atoms. The fourth-order valence-electron chi connectivity index (χ4n) is 2.26. The zero-order valence-electron chi connectivity index (χ0n) is 10.8. The van der Waals surface area contributed by atoms with E-state index in [1.807, 2.05) is 24.3 Å². The number of benzene rings is 2. The van der Waals surface area contributed by atoms with Crippen molar-refractivity contribution < 1.29 is 0 Å². The van der Waals surface area contributed by atoms with E-state index in [9.17, 15) is 0 Å². The van der Waals surface area contributed by atoms with Crippen molar-refractivity contribution in [3.8, 4) is 6.07 Å². The lowest BCUT2D eigenvalue weighted by Gasteiger charge is -2.08. The summed E-state index contributed by atoms with van der Waals surface area (Å²) in [5.74, 6) is 0.807. The first-order valence-electron chi connectivity index (χ1n) is 6.68. The normalized spacial score (nSPS) is 13.8. The average molecular weight is 248 g/mol. The van der Waals surface area contributed by atoms with E-state index in [1.54, 1.807) is 0 Å². The molecule has 0 spiro atoms. The lowest BCUT2D eigenvalue weighted by atomic mass is 10.1. The summed E-state index contributed by atoms with van der Waals surface area (Å²) in [6.45, 7) is 0.754. The highest BCUT2D eigenvalue weighted by Gasteiger charge is 2.22. The van der Waals surface area contributed by atoms with Gasteiger partial charge in [-0.15, -0.1) is 0 Å². The Morgan fingerprint density at radius 2 is 1.79 bits per heavy atom. The third-order valence-electron chi connectivity index (χ3n) is 3.56. The summed E-state index contributed by atoms with van der Waals surface area (Å²) in [5, 5.41) is 12.4. The minimum atomic E-state index is 0.692. The zero-order valence-corrected chi connectivity index (χ0v) is 10.8. The van der Waals surface area contributed by atoms with Gasteiger partial charge in [0, 0.05) is 6.54 Å². The lowest BCUT2D eigenvalue weighted by Crippen LogP contribution is -2.01. The standard InChI is InChI=1S/C17H16N2/c18-11-16-3-1-2-4-17(16)19-12-13-5-7-14(8-6-13)15-9-10-15/h1-8,15,19H,9-10,12H2. The Morgan fingerprint density at radius 1 is 1.05 bits per heavy atom. The quantitative estimate of drug-likeness (QED) is 0.886. The first-order chi connectivity index (χ1) is 9.36. The van der Waals surface area contributed by atoms with Crippen LogP contribution >= 0.6 is 0 Å². The van der Waals surface area contributed by atoms with Crippen LogP contribution in [-0.2, 0) is 6.54 Å². The van der Waals surface area contributed by atoms with E-state index in [0.29, 0.717) is 5.56 Å². The molecule has 1 fully saturated rings.